The molecule has 23 heavy (non-hydrogen) atoms. The van der Waals surface area contributed by atoms with Crippen molar-refractivity contribution in [2.24, 2.45) is 0 Å². The molecular formula is C18H16ClN3O. The van der Waals surface area contributed by atoms with E-state index in [0.717, 1.165) is 11.1 Å². The summed E-state index contributed by atoms with van der Waals surface area (Å²) in [5.41, 5.74) is 2.75. The molecule has 1 aromatic heterocycles. The molecule has 1 heterocycles. The van der Waals surface area contributed by atoms with Crippen molar-refractivity contribution in [2.75, 3.05) is 6.54 Å². The van der Waals surface area contributed by atoms with Crippen molar-refractivity contribution in [3.05, 3.63) is 71.0 Å². The second-order valence-corrected chi connectivity index (χ2v) is 5.56. The minimum Gasteiger partial charge on any atom is -0.333 e. The molecule has 0 saturated heterocycles. The van der Waals surface area contributed by atoms with Crippen molar-refractivity contribution in [3.63, 3.8) is 0 Å². The van der Waals surface area contributed by atoms with Crippen molar-refractivity contribution in [3.8, 4) is 0 Å². The number of fused-ring (bicyclic) bond motifs is 1. The summed E-state index contributed by atoms with van der Waals surface area (Å²) in [6.07, 6.45) is 1.53. The summed E-state index contributed by atoms with van der Waals surface area (Å²) in [4.78, 5) is 23.2. The van der Waals surface area contributed by atoms with Crippen LogP contribution in [0, 0.1) is 0 Å². The van der Waals surface area contributed by atoms with E-state index in [4.69, 9.17) is 11.6 Å². The van der Waals surface area contributed by atoms with Gasteiger partial charge < -0.3 is 4.90 Å². The molecule has 4 nitrogen and oxygen atoms in total. The molecule has 0 aliphatic carbocycles. The number of benzene rings is 2. The summed E-state index contributed by atoms with van der Waals surface area (Å²) in [7, 11) is 0. The van der Waals surface area contributed by atoms with E-state index >= 15 is 0 Å². The third-order valence-electron chi connectivity index (χ3n) is 3.66. The van der Waals surface area contributed by atoms with Crippen LogP contribution in [0.4, 0.5) is 0 Å². The van der Waals surface area contributed by atoms with E-state index in [1.165, 1.54) is 6.20 Å². The maximum Gasteiger partial charge on any atom is 0.274 e. The lowest BCUT2D eigenvalue weighted by atomic mass is 10.2. The zero-order valence-electron chi connectivity index (χ0n) is 12.7. The van der Waals surface area contributed by atoms with Gasteiger partial charge in [0.15, 0.2) is 0 Å². The number of aromatic nitrogens is 2. The minimum absolute atomic E-state index is 0.148. The number of rotatable bonds is 4. The van der Waals surface area contributed by atoms with E-state index in [1.807, 2.05) is 55.5 Å². The Kier molecular flexibility index (Phi) is 4.53. The predicted molar refractivity (Wildman–Crippen MR) is 91.4 cm³/mol. The number of amides is 1. The van der Waals surface area contributed by atoms with Gasteiger partial charge >= 0.3 is 0 Å². The summed E-state index contributed by atoms with van der Waals surface area (Å²) < 4.78 is 0. The van der Waals surface area contributed by atoms with Gasteiger partial charge in [-0.25, -0.2) is 4.98 Å². The Morgan fingerprint density at radius 2 is 1.78 bits per heavy atom. The van der Waals surface area contributed by atoms with E-state index in [1.54, 1.807) is 4.90 Å². The molecule has 2 aromatic carbocycles. The highest BCUT2D eigenvalue weighted by molar-refractivity contribution is 6.31. The molecule has 3 rings (SSSR count). The zero-order valence-corrected chi connectivity index (χ0v) is 13.5. The lowest BCUT2D eigenvalue weighted by molar-refractivity contribution is 0.0746. The van der Waals surface area contributed by atoms with Gasteiger partial charge in [0, 0.05) is 18.1 Å². The predicted octanol–water partition coefficient (Wildman–Crippen LogP) is 3.95. The van der Waals surface area contributed by atoms with Crippen molar-refractivity contribution in [1.82, 2.24) is 14.9 Å². The molecule has 1 amide bonds. The normalized spacial score (nSPS) is 10.7. The molecule has 0 aliphatic rings. The number of carbonyl (C=O) groups excluding carboxylic acids is 1. The van der Waals surface area contributed by atoms with Crippen LogP contribution in [0.2, 0.25) is 5.02 Å². The number of nitrogens with zero attached hydrogens (tertiary/aromatic N) is 3. The van der Waals surface area contributed by atoms with Gasteiger partial charge in [0.25, 0.3) is 5.91 Å². The van der Waals surface area contributed by atoms with Crippen LogP contribution in [0.3, 0.4) is 0 Å². The van der Waals surface area contributed by atoms with E-state index < -0.39 is 0 Å². The second kappa shape index (κ2) is 6.75. The fourth-order valence-corrected chi connectivity index (χ4v) is 2.58. The van der Waals surface area contributed by atoms with Crippen LogP contribution < -0.4 is 0 Å². The van der Waals surface area contributed by atoms with Crippen molar-refractivity contribution >= 4 is 28.5 Å². The van der Waals surface area contributed by atoms with Gasteiger partial charge in [-0.3, -0.25) is 9.78 Å². The SMILES string of the molecule is CCN(Cc1ccccc1Cl)C(=O)c1cnc2ccccc2n1. The summed E-state index contributed by atoms with van der Waals surface area (Å²) >= 11 is 6.19. The second-order valence-electron chi connectivity index (χ2n) is 5.15. The van der Waals surface area contributed by atoms with Crippen LogP contribution in [-0.2, 0) is 6.54 Å². The van der Waals surface area contributed by atoms with Crippen molar-refractivity contribution in [1.29, 1.82) is 0 Å². The third-order valence-corrected chi connectivity index (χ3v) is 4.02. The van der Waals surface area contributed by atoms with Crippen molar-refractivity contribution < 1.29 is 4.79 Å². The third kappa shape index (κ3) is 3.32. The first-order valence-corrected chi connectivity index (χ1v) is 7.81. The maximum absolute atomic E-state index is 12.7. The molecule has 0 aliphatic heterocycles. The number of carbonyl (C=O) groups is 1. The fourth-order valence-electron chi connectivity index (χ4n) is 2.38. The van der Waals surface area contributed by atoms with Gasteiger partial charge in [0.1, 0.15) is 5.69 Å². The average molecular weight is 326 g/mol. The first-order chi connectivity index (χ1) is 11.2. The Labute approximate surface area is 139 Å². The van der Waals surface area contributed by atoms with Crippen molar-refractivity contribution in [2.45, 2.75) is 13.5 Å². The molecule has 0 spiro atoms. The minimum atomic E-state index is -0.148. The topological polar surface area (TPSA) is 46.1 Å². The maximum atomic E-state index is 12.7. The number of halogens is 1. The molecule has 0 radical (unpaired) electrons. The first-order valence-electron chi connectivity index (χ1n) is 7.43. The van der Waals surface area contributed by atoms with E-state index in [2.05, 4.69) is 9.97 Å². The van der Waals surface area contributed by atoms with Gasteiger partial charge in [0.05, 0.1) is 17.2 Å². The Morgan fingerprint density at radius 1 is 1.09 bits per heavy atom. The van der Waals surface area contributed by atoms with Gasteiger partial charge in [-0.2, -0.15) is 0 Å². The molecule has 0 atom stereocenters. The highest BCUT2D eigenvalue weighted by Gasteiger charge is 2.17. The molecule has 116 valence electrons. The lowest BCUT2D eigenvalue weighted by Gasteiger charge is -2.21. The summed E-state index contributed by atoms with van der Waals surface area (Å²) in [5, 5.41) is 0.656. The number of hydrogen-bond acceptors (Lipinski definition) is 3. The number of hydrogen-bond donors (Lipinski definition) is 0. The Balaban J connectivity index is 1.88. The average Bonchev–Trinajstić information content (AvgIpc) is 2.60. The standard InChI is InChI=1S/C18H16ClN3O/c1-2-22(12-13-7-3-4-8-14(13)19)18(23)17-11-20-15-9-5-6-10-16(15)21-17/h3-11H,2,12H2,1H3. The quantitative estimate of drug-likeness (QED) is 0.729. The summed E-state index contributed by atoms with van der Waals surface area (Å²) in [6, 6.07) is 15.0. The van der Waals surface area contributed by atoms with E-state index in [-0.39, 0.29) is 5.91 Å². The molecule has 0 N–H and O–H groups in total. The van der Waals surface area contributed by atoms with Crippen LogP contribution in [0.25, 0.3) is 11.0 Å². The molecule has 0 fully saturated rings. The molecule has 3 aromatic rings. The highest BCUT2D eigenvalue weighted by atomic mass is 35.5. The molecule has 5 heteroatoms. The molecule has 0 bridgehead atoms. The van der Waals surface area contributed by atoms with Gasteiger partial charge in [-0.1, -0.05) is 41.9 Å². The largest absolute Gasteiger partial charge is 0.333 e. The van der Waals surface area contributed by atoms with E-state index in [9.17, 15) is 4.79 Å². The number of para-hydroxylation sites is 2. The monoisotopic (exact) mass is 325 g/mol. The van der Waals surface area contributed by atoms with Crippen LogP contribution in [0.1, 0.15) is 23.0 Å². The lowest BCUT2D eigenvalue weighted by Crippen LogP contribution is -2.31. The molecular weight excluding hydrogens is 310 g/mol. The smallest absolute Gasteiger partial charge is 0.274 e. The van der Waals surface area contributed by atoms with Crippen LogP contribution in [-0.4, -0.2) is 27.3 Å². The van der Waals surface area contributed by atoms with E-state index in [0.29, 0.717) is 29.3 Å². The zero-order chi connectivity index (χ0) is 16.2. The Bertz CT molecular complexity index is 850. The fraction of sp³-hybridized carbons (Fsp3) is 0.167. The van der Waals surface area contributed by atoms with Gasteiger partial charge in [0.2, 0.25) is 0 Å². The molecule has 0 saturated carbocycles. The summed E-state index contributed by atoms with van der Waals surface area (Å²) in [6.45, 7) is 2.95. The highest BCUT2D eigenvalue weighted by Crippen LogP contribution is 2.18. The Morgan fingerprint density at radius 3 is 2.52 bits per heavy atom. The van der Waals surface area contributed by atoms with Crippen LogP contribution in [0.15, 0.2) is 54.7 Å². The van der Waals surface area contributed by atoms with Crippen LogP contribution in [0.5, 0.6) is 0 Å². The van der Waals surface area contributed by atoms with Gasteiger partial charge in [-0.05, 0) is 30.7 Å². The Hall–Kier alpha value is -2.46. The molecule has 0 unspecified atom stereocenters. The summed E-state index contributed by atoms with van der Waals surface area (Å²) in [5.74, 6) is -0.148. The first kappa shape index (κ1) is 15.4. The van der Waals surface area contributed by atoms with Crippen LogP contribution >= 0.6 is 11.6 Å². The van der Waals surface area contributed by atoms with Gasteiger partial charge in [-0.15, -0.1) is 0 Å².